The summed E-state index contributed by atoms with van der Waals surface area (Å²) in [6, 6.07) is 9.63. The van der Waals surface area contributed by atoms with Crippen LogP contribution in [-0.2, 0) is 0 Å². The van der Waals surface area contributed by atoms with Crippen molar-refractivity contribution in [2.45, 2.75) is 0 Å². The molecule has 0 amide bonds. The zero-order chi connectivity index (χ0) is 14.1. The Morgan fingerprint density at radius 3 is 2.65 bits per heavy atom. The first-order valence-electron chi connectivity index (χ1n) is 5.98. The molecule has 0 saturated carbocycles. The van der Waals surface area contributed by atoms with Crippen molar-refractivity contribution in [1.29, 1.82) is 0 Å². The number of thiophene rings is 2. The van der Waals surface area contributed by atoms with E-state index in [-0.39, 0.29) is 5.78 Å². The van der Waals surface area contributed by atoms with Crippen molar-refractivity contribution in [2.75, 3.05) is 14.2 Å². The molecule has 102 valence electrons. The van der Waals surface area contributed by atoms with Gasteiger partial charge in [0.05, 0.1) is 19.8 Å². The van der Waals surface area contributed by atoms with Gasteiger partial charge >= 0.3 is 0 Å². The highest BCUT2D eigenvalue weighted by molar-refractivity contribution is 7.21. The molecule has 5 heteroatoms. The van der Waals surface area contributed by atoms with Crippen molar-refractivity contribution in [2.24, 2.45) is 0 Å². The van der Waals surface area contributed by atoms with Gasteiger partial charge in [-0.05, 0) is 17.5 Å². The van der Waals surface area contributed by atoms with Gasteiger partial charge in [0.25, 0.3) is 0 Å². The molecule has 0 bridgehead atoms. The van der Waals surface area contributed by atoms with Crippen LogP contribution < -0.4 is 9.47 Å². The Balaban J connectivity index is 2.21. The van der Waals surface area contributed by atoms with E-state index in [2.05, 4.69) is 0 Å². The summed E-state index contributed by atoms with van der Waals surface area (Å²) < 4.78 is 11.7. The maximum absolute atomic E-state index is 12.8. The topological polar surface area (TPSA) is 35.5 Å². The second kappa shape index (κ2) is 5.26. The molecule has 3 nitrogen and oxygen atoms in total. The van der Waals surface area contributed by atoms with E-state index in [9.17, 15) is 4.79 Å². The minimum absolute atomic E-state index is 0.0499. The standard InChI is InChI=1S/C15H12O3S2/c1-17-10-7-8-19-14(10)13(16)12-9-5-3-4-6-11(9)20-15(12)18-2/h3-8H,1-2H3. The van der Waals surface area contributed by atoms with Crippen LogP contribution in [-0.4, -0.2) is 20.0 Å². The van der Waals surface area contributed by atoms with E-state index >= 15 is 0 Å². The summed E-state index contributed by atoms with van der Waals surface area (Å²) in [5.74, 6) is 0.559. The van der Waals surface area contributed by atoms with Crippen molar-refractivity contribution in [3.63, 3.8) is 0 Å². The number of carbonyl (C=O) groups excluding carboxylic acids is 1. The van der Waals surface area contributed by atoms with Crippen LogP contribution in [0.2, 0.25) is 0 Å². The van der Waals surface area contributed by atoms with E-state index in [1.165, 1.54) is 22.7 Å². The molecule has 2 aromatic heterocycles. The fourth-order valence-corrected chi connectivity index (χ4v) is 3.94. The molecule has 20 heavy (non-hydrogen) atoms. The van der Waals surface area contributed by atoms with Crippen molar-refractivity contribution in [3.05, 3.63) is 46.2 Å². The minimum Gasteiger partial charge on any atom is -0.495 e. The molecular formula is C15H12O3S2. The second-order valence-electron chi connectivity index (χ2n) is 4.11. The van der Waals surface area contributed by atoms with Gasteiger partial charge in [-0.3, -0.25) is 4.79 Å². The van der Waals surface area contributed by atoms with Gasteiger partial charge < -0.3 is 9.47 Å². The summed E-state index contributed by atoms with van der Waals surface area (Å²) in [6.07, 6.45) is 0. The van der Waals surface area contributed by atoms with Gasteiger partial charge in [-0.15, -0.1) is 11.3 Å². The van der Waals surface area contributed by atoms with Crippen molar-refractivity contribution >= 4 is 38.5 Å². The van der Waals surface area contributed by atoms with E-state index in [0.717, 1.165) is 10.1 Å². The first-order chi connectivity index (χ1) is 9.76. The summed E-state index contributed by atoms with van der Waals surface area (Å²) in [4.78, 5) is 13.4. The third-order valence-corrected chi connectivity index (χ3v) is 5.06. The molecule has 0 saturated heterocycles. The molecule has 0 N–H and O–H groups in total. The van der Waals surface area contributed by atoms with Gasteiger partial charge in [0.2, 0.25) is 5.78 Å². The first kappa shape index (κ1) is 13.1. The van der Waals surface area contributed by atoms with Gasteiger partial charge in [-0.25, -0.2) is 0 Å². The Morgan fingerprint density at radius 1 is 1.10 bits per heavy atom. The number of ketones is 1. The summed E-state index contributed by atoms with van der Waals surface area (Å²) >= 11 is 2.87. The van der Waals surface area contributed by atoms with Crippen LogP contribution in [0.15, 0.2) is 35.7 Å². The monoisotopic (exact) mass is 304 g/mol. The molecule has 0 unspecified atom stereocenters. The van der Waals surface area contributed by atoms with Crippen LogP contribution in [0.25, 0.3) is 10.1 Å². The summed E-state index contributed by atoms with van der Waals surface area (Å²) in [7, 11) is 3.16. The first-order valence-corrected chi connectivity index (χ1v) is 7.67. The van der Waals surface area contributed by atoms with Gasteiger partial charge in [0, 0.05) is 10.1 Å². The normalized spacial score (nSPS) is 10.7. The zero-order valence-corrected chi connectivity index (χ0v) is 12.6. The summed E-state index contributed by atoms with van der Waals surface area (Å²) in [6.45, 7) is 0. The molecule has 3 rings (SSSR count). The fraction of sp³-hybridized carbons (Fsp3) is 0.133. The van der Waals surface area contributed by atoms with Gasteiger partial charge in [0.15, 0.2) is 5.06 Å². The van der Waals surface area contributed by atoms with Crippen LogP contribution in [0.4, 0.5) is 0 Å². The van der Waals surface area contributed by atoms with E-state index in [4.69, 9.17) is 9.47 Å². The maximum atomic E-state index is 12.8. The van der Waals surface area contributed by atoms with Crippen LogP contribution in [0.5, 0.6) is 10.8 Å². The smallest absolute Gasteiger partial charge is 0.212 e. The second-order valence-corrected chi connectivity index (χ2v) is 6.04. The maximum Gasteiger partial charge on any atom is 0.212 e. The molecule has 0 fully saturated rings. The lowest BCUT2D eigenvalue weighted by atomic mass is 10.1. The van der Waals surface area contributed by atoms with Gasteiger partial charge in [0.1, 0.15) is 10.6 Å². The van der Waals surface area contributed by atoms with E-state index < -0.39 is 0 Å². The van der Waals surface area contributed by atoms with Crippen molar-refractivity contribution < 1.29 is 14.3 Å². The van der Waals surface area contributed by atoms with Crippen LogP contribution in [0, 0.1) is 0 Å². The molecule has 2 heterocycles. The number of ether oxygens (including phenoxy) is 2. The minimum atomic E-state index is -0.0499. The lowest BCUT2D eigenvalue weighted by Gasteiger charge is -2.03. The molecular weight excluding hydrogens is 292 g/mol. The quantitative estimate of drug-likeness (QED) is 0.677. The highest BCUT2D eigenvalue weighted by Crippen LogP contribution is 2.40. The van der Waals surface area contributed by atoms with Crippen molar-refractivity contribution in [1.82, 2.24) is 0 Å². The zero-order valence-electron chi connectivity index (χ0n) is 11.0. The van der Waals surface area contributed by atoms with E-state index in [0.29, 0.717) is 21.3 Å². The highest BCUT2D eigenvalue weighted by atomic mass is 32.1. The predicted molar refractivity (Wildman–Crippen MR) is 82.7 cm³/mol. The number of hydrogen-bond donors (Lipinski definition) is 0. The molecule has 0 aliphatic rings. The Bertz CT molecular complexity index is 770. The molecule has 0 aliphatic carbocycles. The molecule has 0 radical (unpaired) electrons. The fourth-order valence-electron chi connectivity index (χ4n) is 2.12. The third kappa shape index (κ3) is 1.99. The number of benzene rings is 1. The van der Waals surface area contributed by atoms with E-state index in [1.54, 1.807) is 20.3 Å². The van der Waals surface area contributed by atoms with E-state index in [1.807, 2.05) is 29.6 Å². The highest BCUT2D eigenvalue weighted by Gasteiger charge is 2.24. The Hall–Kier alpha value is -1.85. The number of hydrogen-bond acceptors (Lipinski definition) is 5. The Labute approximate surface area is 124 Å². The predicted octanol–water partition coefficient (Wildman–Crippen LogP) is 4.21. The van der Waals surface area contributed by atoms with Gasteiger partial charge in [-0.2, -0.15) is 0 Å². The van der Waals surface area contributed by atoms with Crippen LogP contribution in [0.1, 0.15) is 15.2 Å². The molecule has 1 aromatic carbocycles. The lowest BCUT2D eigenvalue weighted by Crippen LogP contribution is -2.01. The molecule has 3 aromatic rings. The molecule has 0 atom stereocenters. The van der Waals surface area contributed by atoms with Crippen molar-refractivity contribution in [3.8, 4) is 10.8 Å². The lowest BCUT2D eigenvalue weighted by molar-refractivity contribution is 0.103. The number of rotatable bonds is 4. The van der Waals surface area contributed by atoms with Crippen LogP contribution >= 0.6 is 22.7 Å². The average Bonchev–Trinajstić information content (AvgIpc) is 3.10. The number of fused-ring (bicyclic) bond motifs is 1. The average molecular weight is 304 g/mol. The number of methoxy groups -OCH3 is 2. The Morgan fingerprint density at radius 2 is 1.90 bits per heavy atom. The third-order valence-electron chi connectivity index (χ3n) is 3.03. The van der Waals surface area contributed by atoms with Crippen LogP contribution in [0.3, 0.4) is 0 Å². The Kier molecular flexibility index (Phi) is 3.46. The summed E-state index contributed by atoms with van der Waals surface area (Å²) in [5, 5.41) is 3.43. The largest absolute Gasteiger partial charge is 0.495 e. The molecule has 0 spiro atoms. The summed E-state index contributed by atoms with van der Waals surface area (Å²) in [5.41, 5.74) is 0.619. The SMILES string of the molecule is COc1ccsc1C(=O)c1c(OC)sc2ccccc12. The molecule has 0 aliphatic heterocycles. The van der Waals surface area contributed by atoms with Gasteiger partial charge in [-0.1, -0.05) is 29.5 Å². The number of carbonyl (C=O) groups is 1.